The van der Waals surface area contributed by atoms with E-state index in [2.05, 4.69) is 19.9 Å². The molecule has 0 heterocycles. The third-order valence-electron chi connectivity index (χ3n) is 3.03. The number of carbonyl (C=O) groups is 1. The van der Waals surface area contributed by atoms with Crippen LogP contribution in [0.3, 0.4) is 0 Å². The molecule has 1 N–H and O–H groups in total. The highest BCUT2D eigenvalue weighted by molar-refractivity contribution is 5.85. The van der Waals surface area contributed by atoms with E-state index >= 15 is 0 Å². The summed E-state index contributed by atoms with van der Waals surface area (Å²) in [6, 6.07) is 7.89. The molecular formula is C15H20O3. The Balaban J connectivity index is 2.73. The quantitative estimate of drug-likeness (QED) is 0.782. The molecule has 3 nitrogen and oxygen atoms in total. The van der Waals surface area contributed by atoms with Crippen molar-refractivity contribution >= 4 is 5.97 Å². The Morgan fingerprint density at radius 3 is 2.72 bits per heavy atom. The van der Waals surface area contributed by atoms with Crippen LogP contribution in [0.1, 0.15) is 38.7 Å². The maximum atomic E-state index is 10.6. The van der Waals surface area contributed by atoms with E-state index in [0.717, 1.165) is 12.2 Å². The van der Waals surface area contributed by atoms with Gasteiger partial charge in [0.1, 0.15) is 12.4 Å². The van der Waals surface area contributed by atoms with Crippen LogP contribution in [0.15, 0.2) is 35.9 Å². The molecule has 1 atom stereocenters. The lowest BCUT2D eigenvalue weighted by molar-refractivity contribution is -0.132. The largest absolute Gasteiger partial charge is 0.489 e. The van der Waals surface area contributed by atoms with Gasteiger partial charge >= 0.3 is 5.97 Å². The molecule has 0 radical (unpaired) electrons. The summed E-state index contributed by atoms with van der Waals surface area (Å²) in [6.07, 6.45) is 2.63. The molecule has 0 amide bonds. The van der Waals surface area contributed by atoms with Crippen molar-refractivity contribution in [1.29, 1.82) is 0 Å². The summed E-state index contributed by atoms with van der Waals surface area (Å²) in [4.78, 5) is 10.6. The molecule has 1 rings (SSSR count). The van der Waals surface area contributed by atoms with Gasteiger partial charge in [0.2, 0.25) is 0 Å². The van der Waals surface area contributed by atoms with Crippen LogP contribution in [0.5, 0.6) is 5.75 Å². The van der Waals surface area contributed by atoms with E-state index in [-0.39, 0.29) is 6.61 Å². The second-order valence-electron chi connectivity index (χ2n) is 4.35. The zero-order valence-electron chi connectivity index (χ0n) is 11.1. The Morgan fingerprint density at radius 2 is 2.11 bits per heavy atom. The Labute approximate surface area is 108 Å². The van der Waals surface area contributed by atoms with Crippen molar-refractivity contribution in [2.45, 2.75) is 33.1 Å². The molecule has 1 aromatic carbocycles. The summed E-state index contributed by atoms with van der Waals surface area (Å²) in [6.45, 7) is 6.13. The van der Waals surface area contributed by atoms with Crippen molar-refractivity contribution in [2.24, 2.45) is 0 Å². The van der Waals surface area contributed by atoms with E-state index in [0.29, 0.717) is 11.5 Å². The number of ether oxygens (including phenoxy) is 1. The second kappa shape index (κ2) is 6.84. The van der Waals surface area contributed by atoms with Crippen molar-refractivity contribution in [3.8, 4) is 5.75 Å². The molecule has 1 aromatic rings. The molecule has 0 aliphatic heterocycles. The lowest BCUT2D eigenvalue weighted by atomic mass is 9.98. The summed E-state index contributed by atoms with van der Waals surface area (Å²) in [7, 11) is 0. The Morgan fingerprint density at radius 1 is 1.44 bits per heavy atom. The first-order valence-electron chi connectivity index (χ1n) is 6.18. The molecule has 0 aliphatic carbocycles. The Hall–Kier alpha value is -1.77. The van der Waals surface area contributed by atoms with Crippen molar-refractivity contribution in [2.75, 3.05) is 6.61 Å². The average Bonchev–Trinajstić information content (AvgIpc) is 2.38. The van der Waals surface area contributed by atoms with Gasteiger partial charge in [0.15, 0.2) is 0 Å². The molecule has 0 spiro atoms. The lowest BCUT2D eigenvalue weighted by Crippen LogP contribution is -2.03. The fraction of sp³-hybridized carbons (Fsp3) is 0.400. The van der Waals surface area contributed by atoms with E-state index in [9.17, 15) is 4.79 Å². The molecule has 0 aliphatic rings. The molecule has 0 fully saturated rings. The van der Waals surface area contributed by atoms with Crippen molar-refractivity contribution in [1.82, 2.24) is 0 Å². The first-order valence-corrected chi connectivity index (χ1v) is 6.18. The fourth-order valence-corrected chi connectivity index (χ4v) is 1.58. The average molecular weight is 248 g/mol. The van der Waals surface area contributed by atoms with Gasteiger partial charge in [-0.1, -0.05) is 32.0 Å². The Bertz CT molecular complexity index is 435. The smallest absolute Gasteiger partial charge is 0.331 e. The number of carboxylic acid groups (broad SMARTS) is 1. The van der Waals surface area contributed by atoms with E-state index in [4.69, 9.17) is 9.84 Å². The number of carboxylic acids is 1. The Kier molecular flexibility index (Phi) is 5.43. The van der Waals surface area contributed by atoms with E-state index in [1.807, 2.05) is 18.2 Å². The maximum absolute atomic E-state index is 10.6. The highest BCUT2D eigenvalue weighted by Gasteiger charge is 2.09. The van der Waals surface area contributed by atoms with Crippen molar-refractivity contribution in [3.63, 3.8) is 0 Å². The van der Waals surface area contributed by atoms with E-state index in [1.54, 1.807) is 13.0 Å². The molecular weight excluding hydrogens is 228 g/mol. The normalized spacial score (nSPS) is 13.2. The van der Waals surface area contributed by atoms with Gasteiger partial charge in [0, 0.05) is 5.57 Å². The van der Waals surface area contributed by atoms with Gasteiger partial charge in [-0.05, 0) is 37.0 Å². The van der Waals surface area contributed by atoms with E-state index in [1.165, 1.54) is 5.56 Å². The minimum Gasteiger partial charge on any atom is -0.489 e. The van der Waals surface area contributed by atoms with Gasteiger partial charge in [-0.25, -0.2) is 4.79 Å². The summed E-state index contributed by atoms with van der Waals surface area (Å²) in [5.74, 6) is 0.362. The van der Waals surface area contributed by atoms with E-state index < -0.39 is 5.97 Å². The van der Waals surface area contributed by atoms with Crippen molar-refractivity contribution < 1.29 is 14.6 Å². The number of rotatable bonds is 6. The summed E-state index contributed by atoms with van der Waals surface area (Å²) in [5.41, 5.74) is 1.47. The topological polar surface area (TPSA) is 46.5 Å². The molecule has 18 heavy (non-hydrogen) atoms. The molecule has 0 bridgehead atoms. The summed E-state index contributed by atoms with van der Waals surface area (Å²) in [5, 5.41) is 8.74. The zero-order valence-corrected chi connectivity index (χ0v) is 11.1. The van der Waals surface area contributed by atoms with Gasteiger partial charge < -0.3 is 9.84 Å². The van der Waals surface area contributed by atoms with Gasteiger partial charge in [-0.2, -0.15) is 0 Å². The lowest BCUT2D eigenvalue weighted by Gasteiger charge is -2.14. The molecule has 0 aromatic heterocycles. The van der Waals surface area contributed by atoms with Gasteiger partial charge in [-0.15, -0.1) is 0 Å². The number of benzene rings is 1. The van der Waals surface area contributed by atoms with Crippen LogP contribution >= 0.6 is 0 Å². The number of para-hydroxylation sites is 1. The molecule has 3 heteroatoms. The van der Waals surface area contributed by atoms with Gasteiger partial charge in [0.25, 0.3) is 0 Å². The van der Waals surface area contributed by atoms with Gasteiger partial charge in [-0.3, -0.25) is 0 Å². The summed E-state index contributed by atoms with van der Waals surface area (Å²) >= 11 is 0. The van der Waals surface area contributed by atoms with Crippen LogP contribution in [-0.2, 0) is 4.79 Å². The monoisotopic (exact) mass is 248 g/mol. The molecule has 98 valence electrons. The first-order chi connectivity index (χ1) is 8.56. The van der Waals surface area contributed by atoms with Crippen LogP contribution in [0.2, 0.25) is 0 Å². The van der Waals surface area contributed by atoms with Crippen LogP contribution in [0, 0.1) is 0 Å². The predicted octanol–water partition coefficient (Wildman–Crippen LogP) is 3.61. The number of aliphatic carboxylic acids is 1. The van der Waals surface area contributed by atoms with Gasteiger partial charge in [0.05, 0.1) is 0 Å². The highest BCUT2D eigenvalue weighted by atomic mass is 16.5. The molecule has 1 unspecified atom stereocenters. The third kappa shape index (κ3) is 3.91. The number of hydrogen-bond donors (Lipinski definition) is 1. The second-order valence-corrected chi connectivity index (χ2v) is 4.35. The SMILES string of the molecule is CCC(C)c1ccccc1OCC=C(C)C(=O)O. The standard InChI is InChI=1S/C15H20O3/c1-4-11(2)13-7-5-6-8-14(13)18-10-9-12(3)15(16)17/h5-9,11H,4,10H2,1-3H3,(H,16,17). The summed E-state index contributed by atoms with van der Waals surface area (Å²) < 4.78 is 5.64. The van der Waals surface area contributed by atoms with Crippen LogP contribution < -0.4 is 4.74 Å². The van der Waals surface area contributed by atoms with Crippen LogP contribution in [0.4, 0.5) is 0 Å². The first kappa shape index (κ1) is 14.3. The molecule has 0 saturated heterocycles. The third-order valence-corrected chi connectivity index (χ3v) is 3.03. The minimum atomic E-state index is -0.909. The van der Waals surface area contributed by atoms with Crippen LogP contribution in [-0.4, -0.2) is 17.7 Å². The zero-order chi connectivity index (χ0) is 13.5. The van der Waals surface area contributed by atoms with Crippen LogP contribution in [0.25, 0.3) is 0 Å². The van der Waals surface area contributed by atoms with Crippen molar-refractivity contribution in [3.05, 3.63) is 41.5 Å². The maximum Gasteiger partial charge on any atom is 0.331 e. The number of hydrogen-bond acceptors (Lipinski definition) is 2. The molecule has 0 saturated carbocycles. The highest BCUT2D eigenvalue weighted by Crippen LogP contribution is 2.28. The predicted molar refractivity (Wildman–Crippen MR) is 72.0 cm³/mol. The fourth-order valence-electron chi connectivity index (χ4n) is 1.58. The minimum absolute atomic E-state index is 0.283.